The highest BCUT2D eigenvalue weighted by atomic mass is 16.5. The summed E-state index contributed by atoms with van der Waals surface area (Å²) < 4.78 is 5.83. The number of guanidine groups is 1. The van der Waals surface area contributed by atoms with E-state index in [0.29, 0.717) is 24.7 Å². The average Bonchev–Trinajstić information content (AvgIpc) is 3.22. The third-order valence-corrected chi connectivity index (χ3v) is 4.65. The standard InChI is InChI=1S/C18H26N4O2/c1-19-18(22-15-11-14-7-8-16(15)24-14)21-12-17(23)20-10-9-13-5-3-2-4-6-13/h2-6,14-16H,7-12H2,1H3,(H,20,23)(H2,19,21,22). The fraction of sp³-hybridized carbons (Fsp3) is 0.556. The molecule has 2 saturated heterocycles. The Bertz CT molecular complexity index is 576. The van der Waals surface area contributed by atoms with Crippen molar-refractivity contribution in [3.8, 4) is 0 Å². The van der Waals surface area contributed by atoms with Crippen LogP contribution < -0.4 is 16.0 Å². The maximum Gasteiger partial charge on any atom is 0.239 e. The lowest BCUT2D eigenvalue weighted by molar-refractivity contribution is -0.119. The molecule has 2 bridgehead atoms. The van der Waals surface area contributed by atoms with Crippen LogP contribution in [0.2, 0.25) is 0 Å². The molecule has 3 unspecified atom stereocenters. The molecule has 6 nitrogen and oxygen atoms in total. The van der Waals surface area contributed by atoms with Gasteiger partial charge in [-0.2, -0.15) is 0 Å². The van der Waals surface area contributed by atoms with Crippen LogP contribution >= 0.6 is 0 Å². The van der Waals surface area contributed by atoms with E-state index in [2.05, 4.69) is 33.1 Å². The van der Waals surface area contributed by atoms with Gasteiger partial charge in [-0.3, -0.25) is 9.79 Å². The Kier molecular flexibility index (Phi) is 5.69. The molecule has 3 N–H and O–H groups in total. The summed E-state index contributed by atoms with van der Waals surface area (Å²) in [6.07, 6.45) is 4.81. The minimum absolute atomic E-state index is 0.0296. The zero-order valence-electron chi connectivity index (χ0n) is 14.1. The maximum atomic E-state index is 11.9. The second kappa shape index (κ2) is 8.15. The van der Waals surface area contributed by atoms with Crippen molar-refractivity contribution in [1.29, 1.82) is 0 Å². The fourth-order valence-corrected chi connectivity index (χ4v) is 3.38. The molecule has 3 rings (SSSR count). The Hall–Kier alpha value is -2.08. The van der Waals surface area contributed by atoms with Crippen LogP contribution in [0.3, 0.4) is 0 Å². The Morgan fingerprint density at radius 1 is 1.25 bits per heavy atom. The van der Waals surface area contributed by atoms with E-state index in [-0.39, 0.29) is 18.6 Å². The van der Waals surface area contributed by atoms with Gasteiger partial charge in [-0.05, 0) is 31.2 Å². The molecular formula is C18H26N4O2. The Balaban J connectivity index is 1.34. The van der Waals surface area contributed by atoms with Gasteiger partial charge in [0.25, 0.3) is 0 Å². The lowest BCUT2D eigenvalue weighted by Crippen LogP contribution is -2.49. The van der Waals surface area contributed by atoms with Gasteiger partial charge in [-0.15, -0.1) is 0 Å². The lowest BCUT2D eigenvalue weighted by atomic mass is 9.96. The zero-order chi connectivity index (χ0) is 16.8. The summed E-state index contributed by atoms with van der Waals surface area (Å²) in [4.78, 5) is 16.1. The molecule has 2 fully saturated rings. The Morgan fingerprint density at radius 2 is 2.08 bits per heavy atom. The Labute approximate surface area is 143 Å². The highest BCUT2D eigenvalue weighted by Crippen LogP contribution is 2.34. The first-order chi connectivity index (χ1) is 11.7. The third kappa shape index (κ3) is 4.47. The van der Waals surface area contributed by atoms with E-state index in [1.54, 1.807) is 7.05 Å². The summed E-state index contributed by atoms with van der Waals surface area (Å²) >= 11 is 0. The van der Waals surface area contributed by atoms with Crippen LogP contribution in [0.1, 0.15) is 24.8 Å². The minimum atomic E-state index is -0.0296. The van der Waals surface area contributed by atoms with Gasteiger partial charge >= 0.3 is 0 Å². The molecule has 0 radical (unpaired) electrons. The summed E-state index contributed by atoms with van der Waals surface area (Å²) in [6, 6.07) is 10.4. The predicted molar refractivity (Wildman–Crippen MR) is 94.0 cm³/mol. The molecular weight excluding hydrogens is 304 g/mol. The predicted octanol–water partition coefficient (Wildman–Crippen LogP) is 0.830. The van der Waals surface area contributed by atoms with Crippen LogP contribution in [0, 0.1) is 0 Å². The number of hydrogen-bond acceptors (Lipinski definition) is 3. The summed E-state index contributed by atoms with van der Waals surface area (Å²) in [7, 11) is 1.72. The van der Waals surface area contributed by atoms with Crippen molar-refractivity contribution < 1.29 is 9.53 Å². The monoisotopic (exact) mass is 330 g/mol. The fourth-order valence-electron chi connectivity index (χ4n) is 3.38. The summed E-state index contributed by atoms with van der Waals surface area (Å²) in [6.45, 7) is 0.854. The average molecular weight is 330 g/mol. The van der Waals surface area contributed by atoms with Crippen molar-refractivity contribution in [3.63, 3.8) is 0 Å². The maximum absolute atomic E-state index is 11.9. The molecule has 1 aromatic rings. The van der Waals surface area contributed by atoms with Crippen molar-refractivity contribution in [2.24, 2.45) is 4.99 Å². The Morgan fingerprint density at radius 3 is 2.75 bits per heavy atom. The number of rotatable bonds is 6. The molecule has 24 heavy (non-hydrogen) atoms. The zero-order valence-corrected chi connectivity index (χ0v) is 14.1. The highest BCUT2D eigenvalue weighted by Gasteiger charge is 2.41. The van der Waals surface area contributed by atoms with E-state index in [1.807, 2.05) is 18.2 Å². The quantitative estimate of drug-likeness (QED) is 0.533. The number of fused-ring (bicyclic) bond motifs is 2. The van der Waals surface area contributed by atoms with Gasteiger partial charge in [0.1, 0.15) is 0 Å². The number of nitrogens with zero attached hydrogens (tertiary/aromatic N) is 1. The number of ether oxygens (including phenoxy) is 1. The SMILES string of the molecule is CN=C(NCC(=O)NCCc1ccccc1)NC1CC2CCC1O2. The second-order valence-corrected chi connectivity index (χ2v) is 6.37. The molecule has 0 spiro atoms. The number of carbonyl (C=O) groups excluding carboxylic acids is 1. The molecule has 2 aliphatic rings. The molecule has 0 aromatic heterocycles. The van der Waals surface area contributed by atoms with Crippen molar-refractivity contribution in [1.82, 2.24) is 16.0 Å². The molecule has 1 amide bonds. The van der Waals surface area contributed by atoms with Gasteiger partial charge in [-0.25, -0.2) is 0 Å². The topological polar surface area (TPSA) is 74.8 Å². The first kappa shape index (κ1) is 16.8. The van der Waals surface area contributed by atoms with E-state index in [4.69, 9.17) is 4.74 Å². The van der Waals surface area contributed by atoms with Crippen molar-refractivity contribution >= 4 is 11.9 Å². The van der Waals surface area contributed by atoms with E-state index >= 15 is 0 Å². The highest BCUT2D eigenvalue weighted by molar-refractivity contribution is 5.86. The number of benzene rings is 1. The van der Waals surface area contributed by atoms with Crippen molar-refractivity contribution in [3.05, 3.63) is 35.9 Å². The number of hydrogen-bond donors (Lipinski definition) is 3. The van der Waals surface area contributed by atoms with Crippen LogP contribution in [0.4, 0.5) is 0 Å². The van der Waals surface area contributed by atoms with Crippen LogP contribution in [-0.4, -0.2) is 50.3 Å². The molecule has 0 aliphatic carbocycles. The van der Waals surface area contributed by atoms with Crippen LogP contribution in [0.5, 0.6) is 0 Å². The van der Waals surface area contributed by atoms with E-state index in [9.17, 15) is 4.79 Å². The van der Waals surface area contributed by atoms with Crippen molar-refractivity contribution in [2.75, 3.05) is 20.1 Å². The molecule has 2 heterocycles. The lowest BCUT2D eigenvalue weighted by Gasteiger charge is -2.22. The van der Waals surface area contributed by atoms with Gasteiger partial charge < -0.3 is 20.7 Å². The van der Waals surface area contributed by atoms with Crippen molar-refractivity contribution in [2.45, 2.75) is 43.9 Å². The second-order valence-electron chi connectivity index (χ2n) is 6.37. The number of nitrogens with one attached hydrogen (secondary N) is 3. The smallest absolute Gasteiger partial charge is 0.239 e. The minimum Gasteiger partial charge on any atom is -0.373 e. The summed E-state index contributed by atoms with van der Waals surface area (Å²) in [5.74, 6) is 0.632. The van der Waals surface area contributed by atoms with Gasteiger partial charge in [0.15, 0.2) is 5.96 Å². The van der Waals surface area contributed by atoms with Gasteiger partial charge in [0.2, 0.25) is 5.91 Å². The van der Waals surface area contributed by atoms with Gasteiger partial charge in [0.05, 0.1) is 24.8 Å². The molecule has 0 saturated carbocycles. The first-order valence-electron chi connectivity index (χ1n) is 8.68. The van der Waals surface area contributed by atoms with Gasteiger partial charge in [-0.1, -0.05) is 30.3 Å². The van der Waals surface area contributed by atoms with Gasteiger partial charge in [0, 0.05) is 13.6 Å². The number of amides is 1. The van der Waals surface area contributed by atoms with Crippen LogP contribution in [0.25, 0.3) is 0 Å². The van der Waals surface area contributed by atoms with Crippen LogP contribution in [-0.2, 0) is 16.0 Å². The molecule has 6 heteroatoms. The molecule has 2 aliphatic heterocycles. The van der Waals surface area contributed by atoms with E-state index < -0.39 is 0 Å². The third-order valence-electron chi connectivity index (χ3n) is 4.65. The largest absolute Gasteiger partial charge is 0.373 e. The first-order valence-corrected chi connectivity index (χ1v) is 8.68. The summed E-state index contributed by atoms with van der Waals surface area (Å²) in [5.41, 5.74) is 1.22. The normalized spacial score (nSPS) is 25.5. The van der Waals surface area contributed by atoms with Crippen LogP contribution in [0.15, 0.2) is 35.3 Å². The molecule has 1 aromatic carbocycles. The number of carbonyl (C=O) groups is 1. The molecule has 3 atom stereocenters. The summed E-state index contributed by atoms with van der Waals surface area (Å²) in [5, 5.41) is 9.37. The number of aliphatic imine (C=N–C) groups is 1. The molecule has 130 valence electrons. The van der Waals surface area contributed by atoms with E-state index in [0.717, 1.165) is 19.3 Å². The van der Waals surface area contributed by atoms with E-state index in [1.165, 1.54) is 12.0 Å².